The molecule has 1 fully saturated rings. The molecule has 0 radical (unpaired) electrons. The minimum Gasteiger partial charge on any atom is -0.309 e. The summed E-state index contributed by atoms with van der Waals surface area (Å²) in [6.45, 7) is 2.62. The van der Waals surface area contributed by atoms with Crippen LogP contribution in [0.4, 0.5) is 0 Å². The third-order valence-electron chi connectivity index (χ3n) is 2.91. The van der Waals surface area contributed by atoms with Gasteiger partial charge in [0.05, 0.1) is 3.79 Å². The fraction of sp³-hybridized carbons (Fsp3) is 0.667. The first-order chi connectivity index (χ1) is 9.42. The number of halogens is 1. The van der Waals surface area contributed by atoms with E-state index in [1.165, 1.54) is 24.2 Å². The van der Waals surface area contributed by atoms with E-state index in [4.69, 9.17) is 0 Å². The Morgan fingerprint density at radius 3 is 2.85 bits per heavy atom. The zero-order valence-electron chi connectivity index (χ0n) is 11.5. The Kier molecular flexibility index (Phi) is 5.96. The minimum atomic E-state index is -3.44. The van der Waals surface area contributed by atoms with Crippen LogP contribution in [-0.2, 0) is 16.6 Å². The highest BCUT2D eigenvalue weighted by Gasteiger charge is 2.24. The quantitative estimate of drug-likeness (QED) is 0.706. The second-order valence-electron chi connectivity index (χ2n) is 4.98. The molecule has 20 heavy (non-hydrogen) atoms. The van der Waals surface area contributed by atoms with E-state index >= 15 is 0 Å². The van der Waals surface area contributed by atoms with Crippen molar-refractivity contribution >= 4 is 49.1 Å². The van der Waals surface area contributed by atoms with E-state index < -0.39 is 10.0 Å². The van der Waals surface area contributed by atoms with Crippen LogP contribution >= 0.6 is 39.0 Å². The average Bonchev–Trinajstić information content (AvgIpc) is 3.09. The van der Waals surface area contributed by atoms with Gasteiger partial charge in [-0.25, -0.2) is 13.1 Å². The molecule has 1 aliphatic rings. The fourth-order valence-corrected chi connectivity index (χ4v) is 6.38. The summed E-state index contributed by atoms with van der Waals surface area (Å²) in [5.41, 5.74) is 0. The first-order valence-corrected chi connectivity index (χ1v) is 10.9. The van der Waals surface area contributed by atoms with Crippen LogP contribution in [0.1, 0.15) is 24.6 Å². The van der Waals surface area contributed by atoms with Crippen LogP contribution in [0, 0.1) is 0 Å². The number of hydrogen-bond donors (Lipinski definition) is 2. The van der Waals surface area contributed by atoms with Crippen molar-refractivity contribution in [3.63, 3.8) is 0 Å². The van der Waals surface area contributed by atoms with Crippen molar-refractivity contribution < 1.29 is 8.42 Å². The summed E-state index contributed by atoms with van der Waals surface area (Å²) in [5, 5.41) is 3.40. The Morgan fingerprint density at radius 2 is 2.25 bits per heavy atom. The molecule has 114 valence electrons. The van der Waals surface area contributed by atoms with Gasteiger partial charge in [-0.1, -0.05) is 0 Å². The van der Waals surface area contributed by atoms with Crippen LogP contribution in [0.5, 0.6) is 0 Å². The Balaban J connectivity index is 2.05. The lowest BCUT2D eigenvalue weighted by molar-refractivity contribution is 0.571. The van der Waals surface area contributed by atoms with Crippen LogP contribution in [-0.4, -0.2) is 32.5 Å². The van der Waals surface area contributed by atoms with E-state index in [1.807, 2.05) is 13.2 Å². The molecule has 0 spiro atoms. The lowest BCUT2D eigenvalue weighted by Gasteiger charge is -2.12. The van der Waals surface area contributed by atoms with Gasteiger partial charge in [0.1, 0.15) is 4.90 Å². The molecule has 1 unspecified atom stereocenters. The molecule has 2 N–H and O–H groups in total. The summed E-state index contributed by atoms with van der Waals surface area (Å²) in [6.07, 6.45) is 4.42. The first kappa shape index (κ1) is 16.8. The zero-order chi connectivity index (χ0) is 14.8. The summed E-state index contributed by atoms with van der Waals surface area (Å²) < 4.78 is 28.1. The highest BCUT2D eigenvalue weighted by molar-refractivity contribution is 9.11. The molecule has 1 aliphatic carbocycles. The molecule has 1 atom stereocenters. The maximum absolute atomic E-state index is 12.3. The number of sulfonamides is 1. The van der Waals surface area contributed by atoms with Crippen molar-refractivity contribution in [2.45, 2.75) is 43.3 Å². The lowest BCUT2D eigenvalue weighted by Crippen LogP contribution is -2.34. The van der Waals surface area contributed by atoms with E-state index in [-0.39, 0.29) is 6.04 Å². The highest BCUT2D eigenvalue weighted by atomic mass is 79.9. The molecule has 0 bridgehead atoms. The molecular formula is C12H19BrN2O2S3. The van der Waals surface area contributed by atoms with Gasteiger partial charge >= 0.3 is 0 Å². The molecule has 1 heterocycles. The third kappa shape index (κ3) is 4.71. The largest absolute Gasteiger partial charge is 0.309 e. The van der Waals surface area contributed by atoms with Crippen molar-refractivity contribution in [3.05, 3.63) is 14.7 Å². The predicted octanol–water partition coefficient (Wildman–Crippen LogP) is 2.79. The van der Waals surface area contributed by atoms with Crippen LogP contribution < -0.4 is 10.0 Å². The number of thioether (sulfide) groups is 1. The monoisotopic (exact) mass is 398 g/mol. The third-order valence-corrected chi connectivity index (χ3v) is 7.59. The SMILES string of the molecule is CSCC(C)NS(=O)(=O)c1cc(CNC2CC2)sc1Br. The zero-order valence-corrected chi connectivity index (χ0v) is 15.5. The van der Waals surface area contributed by atoms with Crippen LogP contribution in [0.15, 0.2) is 14.7 Å². The van der Waals surface area contributed by atoms with Crippen molar-refractivity contribution in [2.24, 2.45) is 0 Å². The van der Waals surface area contributed by atoms with Gasteiger partial charge in [0.2, 0.25) is 10.0 Å². The minimum absolute atomic E-state index is 0.0742. The lowest BCUT2D eigenvalue weighted by atomic mass is 10.4. The molecule has 1 saturated carbocycles. The van der Waals surface area contributed by atoms with Gasteiger partial charge in [0.15, 0.2) is 0 Å². The normalized spacial score (nSPS) is 17.4. The number of thiophene rings is 1. The maximum Gasteiger partial charge on any atom is 0.242 e. The molecular weight excluding hydrogens is 380 g/mol. The van der Waals surface area contributed by atoms with Crippen molar-refractivity contribution in [1.29, 1.82) is 0 Å². The van der Waals surface area contributed by atoms with Crippen molar-refractivity contribution in [3.8, 4) is 0 Å². The average molecular weight is 399 g/mol. The summed E-state index contributed by atoms with van der Waals surface area (Å²) in [4.78, 5) is 1.39. The van der Waals surface area contributed by atoms with E-state index in [1.54, 1.807) is 17.8 Å². The fourth-order valence-electron chi connectivity index (χ4n) is 1.81. The second-order valence-corrected chi connectivity index (χ2v) is 10.0. The number of nitrogens with one attached hydrogen (secondary N) is 2. The smallest absolute Gasteiger partial charge is 0.242 e. The summed E-state index contributed by atoms with van der Waals surface area (Å²) in [6, 6.07) is 2.31. The molecule has 1 aromatic heterocycles. The molecule has 2 rings (SSSR count). The van der Waals surface area contributed by atoms with Crippen LogP contribution in [0.3, 0.4) is 0 Å². The van der Waals surface area contributed by atoms with E-state index in [0.717, 1.165) is 17.2 Å². The Hall–Kier alpha value is 0.400. The van der Waals surface area contributed by atoms with E-state index in [2.05, 4.69) is 26.0 Å². The molecule has 0 aromatic carbocycles. The Morgan fingerprint density at radius 1 is 1.55 bits per heavy atom. The van der Waals surface area contributed by atoms with Gasteiger partial charge in [-0.3, -0.25) is 0 Å². The molecule has 0 aliphatic heterocycles. The molecule has 1 aromatic rings. The summed E-state index contributed by atoms with van der Waals surface area (Å²) in [7, 11) is -3.44. The number of hydrogen-bond acceptors (Lipinski definition) is 5. The molecule has 0 saturated heterocycles. The van der Waals surface area contributed by atoms with Gasteiger partial charge < -0.3 is 5.32 Å². The highest BCUT2D eigenvalue weighted by Crippen LogP contribution is 2.32. The summed E-state index contributed by atoms with van der Waals surface area (Å²) in [5.74, 6) is 0.761. The van der Waals surface area contributed by atoms with Crippen LogP contribution in [0.25, 0.3) is 0 Å². The van der Waals surface area contributed by atoms with Gasteiger partial charge in [-0.05, 0) is 48.0 Å². The standard InChI is InChI=1S/C12H19BrN2O2S3/c1-8(7-18-2)15-20(16,17)11-5-10(19-12(11)13)6-14-9-3-4-9/h5,8-9,14-15H,3-4,6-7H2,1-2H3. The molecule has 4 nitrogen and oxygen atoms in total. The van der Waals surface area contributed by atoms with E-state index in [9.17, 15) is 8.42 Å². The van der Waals surface area contributed by atoms with Crippen molar-refractivity contribution in [2.75, 3.05) is 12.0 Å². The Bertz CT molecular complexity index is 555. The second kappa shape index (κ2) is 7.11. The first-order valence-electron chi connectivity index (χ1n) is 6.45. The molecule has 0 amide bonds. The number of rotatable bonds is 8. The van der Waals surface area contributed by atoms with Gasteiger partial charge in [-0.15, -0.1) is 11.3 Å². The molecule has 8 heteroatoms. The Labute approximate surface area is 137 Å². The van der Waals surface area contributed by atoms with E-state index in [0.29, 0.717) is 14.7 Å². The van der Waals surface area contributed by atoms with Gasteiger partial charge in [-0.2, -0.15) is 11.8 Å². The topological polar surface area (TPSA) is 58.2 Å². The maximum atomic E-state index is 12.3. The van der Waals surface area contributed by atoms with Gasteiger partial charge in [0.25, 0.3) is 0 Å². The van der Waals surface area contributed by atoms with Crippen molar-refractivity contribution in [1.82, 2.24) is 10.0 Å². The summed E-state index contributed by atoms with van der Waals surface area (Å²) >= 11 is 6.48. The van der Waals surface area contributed by atoms with Crippen LogP contribution in [0.2, 0.25) is 0 Å². The predicted molar refractivity (Wildman–Crippen MR) is 90.0 cm³/mol. The van der Waals surface area contributed by atoms with Gasteiger partial charge in [0, 0.05) is 29.3 Å².